The Morgan fingerprint density at radius 1 is 1.04 bits per heavy atom. The Morgan fingerprint density at radius 3 is 2.37 bits per heavy atom. The average Bonchev–Trinajstić information content (AvgIpc) is 3.52. The summed E-state index contributed by atoms with van der Waals surface area (Å²) in [5.41, 5.74) is 2.06. The number of carbonyl (C=O) groups excluding carboxylic acids is 2. The first-order valence-corrected chi connectivity index (χ1v) is 9.38. The molecule has 2 aromatic rings. The van der Waals surface area contributed by atoms with Gasteiger partial charge in [-0.05, 0) is 36.1 Å². The first-order chi connectivity index (χ1) is 13.2. The van der Waals surface area contributed by atoms with Crippen LogP contribution in [0.4, 0.5) is 0 Å². The van der Waals surface area contributed by atoms with Crippen molar-refractivity contribution in [3.63, 3.8) is 0 Å². The zero-order chi connectivity index (χ0) is 19.1. The molecule has 5 heteroatoms. The van der Waals surface area contributed by atoms with Gasteiger partial charge in [0.25, 0.3) is 0 Å². The summed E-state index contributed by atoms with van der Waals surface area (Å²) in [5, 5.41) is 2.85. The van der Waals surface area contributed by atoms with Crippen LogP contribution in [0.15, 0.2) is 54.6 Å². The topological polar surface area (TPSA) is 58.6 Å². The Labute approximate surface area is 160 Å². The molecule has 0 unspecified atom stereocenters. The minimum atomic E-state index is -0.0536. The Bertz CT molecular complexity index is 755. The average molecular weight is 366 g/mol. The first kappa shape index (κ1) is 19.0. The van der Waals surface area contributed by atoms with Gasteiger partial charge >= 0.3 is 0 Å². The molecule has 5 nitrogen and oxygen atoms in total. The molecule has 2 amide bonds. The molecule has 1 saturated carbocycles. The Balaban J connectivity index is 1.46. The second kappa shape index (κ2) is 9.21. The van der Waals surface area contributed by atoms with Crippen LogP contribution in [0.2, 0.25) is 0 Å². The molecule has 3 rings (SSSR count). The highest BCUT2D eigenvalue weighted by atomic mass is 16.5. The van der Waals surface area contributed by atoms with E-state index >= 15 is 0 Å². The highest BCUT2D eigenvalue weighted by Crippen LogP contribution is 2.29. The summed E-state index contributed by atoms with van der Waals surface area (Å²) < 4.78 is 5.18. The van der Waals surface area contributed by atoms with E-state index in [0.717, 1.165) is 29.7 Å². The van der Waals surface area contributed by atoms with Crippen molar-refractivity contribution in [3.8, 4) is 5.75 Å². The molecule has 1 aliphatic rings. The molecule has 142 valence electrons. The van der Waals surface area contributed by atoms with Gasteiger partial charge in [-0.3, -0.25) is 9.59 Å². The highest BCUT2D eigenvalue weighted by Gasteiger charge is 2.32. The van der Waals surface area contributed by atoms with Crippen molar-refractivity contribution in [1.29, 1.82) is 0 Å². The van der Waals surface area contributed by atoms with Gasteiger partial charge in [0.05, 0.1) is 13.5 Å². The van der Waals surface area contributed by atoms with Crippen LogP contribution in [0.5, 0.6) is 5.75 Å². The fraction of sp³-hybridized carbons (Fsp3) is 0.364. The third kappa shape index (κ3) is 5.84. The molecule has 1 N–H and O–H groups in total. The zero-order valence-electron chi connectivity index (χ0n) is 15.7. The van der Waals surface area contributed by atoms with E-state index in [1.165, 1.54) is 0 Å². The molecule has 2 aromatic carbocycles. The predicted octanol–water partition coefficient (Wildman–Crippen LogP) is 2.94. The number of nitrogens with zero attached hydrogens (tertiary/aromatic N) is 1. The molecule has 1 fully saturated rings. The van der Waals surface area contributed by atoms with Crippen LogP contribution >= 0.6 is 0 Å². The highest BCUT2D eigenvalue weighted by molar-refractivity contribution is 5.80. The summed E-state index contributed by atoms with van der Waals surface area (Å²) in [4.78, 5) is 26.6. The maximum atomic E-state index is 12.6. The Kier molecular flexibility index (Phi) is 6.47. The van der Waals surface area contributed by atoms with Crippen molar-refractivity contribution in [2.75, 3.05) is 13.7 Å². The SMILES string of the molecule is COc1ccc(CN(C(=O)CCNC(=O)Cc2ccccc2)C2CC2)cc1. The van der Waals surface area contributed by atoms with Crippen molar-refractivity contribution in [2.24, 2.45) is 0 Å². The van der Waals surface area contributed by atoms with Gasteiger partial charge in [0.1, 0.15) is 5.75 Å². The minimum Gasteiger partial charge on any atom is -0.497 e. The molecule has 0 aliphatic heterocycles. The van der Waals surface area contributed by atoms with Crippen molar-refractivity contribution >= 4 is 11.8 Å². The molecule has 0 bridgehead atoms. The Hall–Kier alpha value is -2.82. The number of amides is 2. The summed E-state index contributed by atoms with van der Waals surface area (Å²) in [6.07, 6.45) is 2.78. The van der Waals surface area contributed by atoms with E-state index in [1.807, 2.05) is 59.5 Å². The van der Waals surface area contributed by atoms with Crippen molar-refractivity contribution in [2.45, 2.75) is 38.3 Å². The van der Waals surface area contributed by atoms with E-state index in [1.54, 1.807) is 7.11 Å². The van der Waals surface area contributed by atoms with Gasteiger partial charge in [0.15, 0.2) is 0 Å². The van der Waals surface area contributed by atoms with E-state index in [2.05, 4.69) is 5.32 Å². The number of carbonyl (C=O) groups is 2. The van der Waals surface area contributed by atoms with E-state index in [9.17, 15) is 9.59 Å². The number of rotatable bonds is 9. The predicted molar refractivity (Wildman–Crippen MR) is 104 cm³/mol. The lowest BCUT2D eigenvalue weighted by Crippen LogP contribution is -2.36. The standard InChI is InChI=1S/C22H26N2O3/c1-27-20-11-7-18(8-12-20)16-24(19-9-10-19)22(26)13-14-23-21(25)15-17-5-3-2-4-6-17/h2-8,11-12,19H,9-10,13-16H2,1H3,(H,23,25). The number of nitrogens with one attached hydrogen (secondary N) is 1. The van der Waals surface area contributed by atoms with E-state index in [4.69, 9.17) is 4.74 Å². The zero-order valence-corrected chi connectivity index (χ0v) is 15.7. The maximum absolute atomic E-state index is 12.6. The molecular formula is C22H26N2O3. The maximum Gasteiger partial charge on any atom is 0.224 e. The van der Waals surface area contributed by atoms with Gasteiger partial charge in [0, 0.05) is 25.6 Å². The van der Waals surface area contributed by atoms with Gasteiger partial charge in [-0.2, -0.15) is 0 Å². The molecule has 27 heavy (non-hydrogen) atoms. The summed E-state index contributed by atoms with van der Waals surface area (Å²) in [6.45, 7) is 0.974. The third-order valence-electron chi connectivity index (χ3n) is 4.69. The summed E-state index contributed by atoms with van der Waals surface area (Å²) >= 11 is 0. The van der Waals surface area contributed by atoms with Crippen molar-refractivity contribution < 1.29 is 14.3 Å². The molecule has 0 radical (unpaired) electrons. The van der Waals surface area contributed by atoms with Crippen molar-refractivity contribution in [3.05, 3.63) is 65.7 Å². The summed E-state index contributed by atoms with van der Waals surface area (Å²) in [7, 11) is 1.64. The largest absolute Gasteiger partial charge is 0.497 e. The lowest BCUT2D eigenvalue weighted by atomic mass is 10.1. The van der Waals surface area contributed by atoms with E-state index < -0.39 is 0 Å². The van der Waals surface area contributed by atoms with Gasteiger partial charge in [-0.1, -0.05) is 42.5 Å². The molecule has 0 heterocycles. The summed E-state index contributed by atoms with van der Waals surface area (Å²) in [6, 6.07) is 17.7. The monoisotopic (exact) mass is 366 g/mol. The number of hydrogen-bond acceptors (Lipinski definition) is 3. The summed E-state index contributed by atoms with van der Waals surface area (Å²) in [5.74, 6) is 0.847. The van der Waals surface area contributed by atoms with Gasteiger partial charge in [0.2, 0.25) is 11.8 Å². The molecular weight excluding hydrogens is 340 g/mol. The van der Waals surface area contributed by atoms with Crippen LogP contribution in [0, 0.1) is 0 Å². The van der Waals surface area contributed by atoms with Crippen LogP contribution in [-0.4, -0.2) is 36.4 Å². The normalized spacial score (nSPS) is 13.1. The quantitative estimate of drug-likeness (QED) is 0.742. The number of ether oxygens (including phenoxy) is 1. The number of benzene rings is 2. The molecule has 0 spiro atoms. The first-order valence-electron chi connectivity index (χ1n) is 9.38. The fourth-order valence-electron chi connectivity index (χ4n) is 3.03. The lowest BCUT2D eigenvalue weighted by molar-refractivity contribution is -0.132. The minimum absolute atomic E-state index is 0.0536. The number of hydrogen-bond donors (Lipinski definition) is 1. The number of methoxy groups -OCH3 is 1. The Morgan fingerprint density at radius 2 is 1.74 bits per heavy atom. The lowest BCUT2D eigenvalue weighted by Gasteiger charge is -2.23. The van der Waals surface area contributed by atoms with Gasteiger partial charge < -0.3 is 15.0 Å². The van der Waals surface area contributed by atoms with E-state index in [-0.39, 0.29) is 11.8 Å². The molecule has 1 aliphatic carbocycles. The molecule has 0 atom stereocenters. The van der Waals surface area contributed by atoms with Crippen molar-refractivity contribution in [1.82, 2.24) is 10.2 Å². The molecule has 0 saturated heterocycles. The second-order valence-corrected chi connectivity index (χ2v) is 6.86. The molecule has 0 aromatic heterocycles. The van der Waals surface area contributed by atoms with Crippen LogP contribution < -0.4 is 10.1 Å². The smallest absolute Gasteiger partial charge is 0.224 e. The van der Waals surface area contributed by atoms with E-state index in [0.29, 0.717) is 32.0 Å². The third-order valence-corrected chi connectivity index (χ3v) is 4.69. The fourth-order valence-corrected chi connectivity index (χ4v) is 3.03. The second-order valence-electron chi connectivity index (χ2n) is 6.86. The van der Waals surface area contributed by atoms with Crippen LogP contribution in [0.25, 0.3) is 0 Å². The van der Waals surface area contributed by atoms with Crippen LogP contribution in [0.3, 0.4) is 0 Å². The van der Waals surface area contributed by atoms with Gasteiger partial charge in [-0.25, -0.2) is 0 Å². The van der Waals surface area contributed by atoms with Crippen LogP contribution in [-0.2, 0) is 22.6 Å². The van der Waals surface area contributed by atoms with Crippen LogP contribution in [0.1, 0.15) is 30.4 Å². The van der Waals surface area contributed by atoms with Gasteiger partial charge in [-0.15, -0.1) is 0 Å².